The van der Waals surface area contributed by atoms with Crippen molar-refractivity contribution in [2.75, 3.05) is 45.2 Å². The van der Waals surface area contributed by atoms with Crippen molar-refractivity contribution in [1.82, 2.24) is 9.80 Å². The van der Waals surface area contributed by atoms with Crippen LogP contribution in [0.5, 0.6) is 0 Å². The van der Waals surface area contributed by atoms with Crippen molar-refractivity contribution in [2.45, 2.75) is 123 Å². The fourth-order valence-corrected chi connectivity index (χ4v) is 6.70. The van der Waals surface area contributed by atoms with Gasteiger partial charge in [0, 0.05) is 57.2 Å². The number of nitrogens with zero attached hydrogens (tertiary/aromatic N) is 4. The van der Waals surface area contributed by atoms with Crippen molar-refractivity contribution in [1.29, 1.82) is 0 Å². The second-order valence-corrected chi connectivity index (χ2v) is 14.3. The van der Waals surface area contributed by atoms with E-state index in [-0.39, 0.29) is 5.91 Å². The Hall–Kier alpha value is -2.74. The molecule has 1 aliphatic carbocycles. The number of fused-ring (bicyclic) bond motifs is 2. The topological polar surface area (TPSA) is 65.5 Å². The number of anilines is 2. The van der Waals surface area contributed by atoms with Gasteiger partial charge in [-0.3, -0.25) is 9.69 Å². The minimum absolute atomic E-state index is 0.0455. The Labute approximate surface area is 302 Å². The van der Waals surface area contributed by atoms with Crippen LogP contribution in [0.1, 0.15) is 123 Å². The van der Waals surface area contributed by atoms with Crippen molar-refractivity contribution in [2.24, 2.45) is 10.9 Å². The number of para-hydroxylation sites is 1. The van der Waals surface area contributed by atoms with Crippen molar-refractivity contribution >= 4 is 46.7 Å². The van der Waals surface area contributed by atoms with Crippen molar-refractivity contribution in [3.63, 3.8) is 0 Å². The number of hydrogen-bond acceptors (Lipinski definition) is 6. The first-order chi connectivity index (χ1) is 23.8. The average molecular weight is 695 g/mol. The zero-order valence-electron chi connectivity index (χ0n) is 31.1. The van der Waals surface area contributed by atoms with Crippen LogP contribution in [0, 0.1) is 5.92 Å². The van der Waals surface area contributed by atoms with Gasteiger partial charge in [0.1, 0.15) is 12.1 Å². The Morgan fingerprint density at radius 3 is 2.06 bits per heavy atom. The maximum Gasteiger partial charge on any atom is 0.228 e. The fraction of sp³-hybridized carbons (Fsp3) is 0.634. The van der Waals surface area contributed by atoms with Gasteiger partial charge in [-0.25, -0.2) is 4.99 Å². The molecule has 49 heavy (non-hydrogen) atoms. The number of hydrogen-bond donors (Lipinski definition) is 0. The summed E-state index contributed by atoms with van der Waals surface area (Å²) in [6.45, 7) is 9.78. The molecule has 3 aliphatic rings. The molecule has 2 fully saturated rings. The standard InChI is InChI=1S/C20H21ClN4O.C14H28O.C7H14O/c1-14(26)25-18-6-4-3-5-16(18)20(24-11-9-23(2)10-12-24)22-17-13-15(21)7-8-19(17)25;1-2-3-4-5-6-7-8-9-10-11-12-13-14-15;1-6(8-2)7-4-3-5-7/h3-8,13H,9-12H2,1-2H3;14H,2-13H2,1H3;6-7H,3-5H2,1-2H3. The summed E-state index contributed by atoms with van der Waals surface area (Å²) in [7, 11) is 3.93. The van der Waals surface area contributed by atoms with Crippen molar-refractivity contribution in [3.8, 4) is 0 Å². The lowest BCUT2D eigenvalue weighted by Crippen LogP contribution is -2.47. The molecular weight excluding hydrogens is 632 g/mol. The van der Waals surface area contributed by atoms with E-state index in [0.29, 0.717) is 11.1 Å². The van der Waals surface area contributed by atoms with Gasteiger partial charge in [0.15, 0.2) is 0 Å². The normalized spacial score (nSPS) is 16.4. The molecule has 272 valence electrons. The molecule has 1 amide bonds. The Kier molecular flexibility index (Phi) is 19.0. The first-order valence-electron chi connectivity index (χ1n) is 19.0. The van der Waals surface area contributed by atoms with Crippen LogP contribution in [0.25, 0.3) is 0 Å². The molecule has 0 aromatic heterocycles. The van der Waals surface area contributed by atoms with E-state index in [2.05, 4.69) is 30.7 Å². The summed E-state index contributed by atoms with van der Waals surface area (Å²) in [5, 5.41) is 0.611. The van der Waals surface area contributed by atoms with E-state index in [0.717, 1.165) is 79.7 Å². The van der Waals surface area contributed by atoms with Crippen LogP contribution in [-0.4, -0.2) is 74.3 Å². The van der Waals surface area contributed by atoms with Gasteiger partial charge in [-0.15, -0.1) is 0 Å². The van der Waals surface area contributed by atoms with Gasteiger partial charge in [0.2, 0.25) is 5.91 Å². The molecule has 1 saturated heterocycles. The third-order valence-corrected chi connectivity index (χ3v) is 10.3. The van der Waals surface area contributed by atoms with Gasteiger partial charge in [0.25, 0.3) is 0 Å². The third-order valence-electron chi connectivity index (χ3n) is 10.0. The van der Waals surface area contributed by atoms with E-state index < -0.39 is 0 Å². The van der Waals surface area contributed by atoms with E-state index in [1.165, 1.54) is 83.5 Å². The molecule has 1 atom stereocenters. The Morgan fingerprint density at radius 2 is 1.53 bits per heavy atom. The third kappa shape index (κ3) is 13.5. The quantitative estimate of drug-likeness (QED) is 0.145. The first-order valence-corrected chi connectivity index (χ1v) is 19.4. The summed E-state index contributed by atoms with van der Waals surface area (Å²) in [6.07, 6.45) is 21.4. The molecule has 2 aliphatic heterocycles. The maximum atomic E-state index is 12.5. The van der Waals surface area contributed by atoms with Crippen LogP contribution < -0.4 is 4.90 Å². The molecule has 2 aromatic carbocycles. The van der Waals surface area contributed by atoms with Crippen molar-refractivity contribution in [3.05, 3.63) is 53.1 Å². The highest BCUT2D eigenvalue weighted by atomic mass is 35.5. The molecule has 2 aromatic rings. The number of ether oxygens (including phenoxy) is 1. The number of amidine groups is 1. The molecule has 0 bridgehead atoms. The smallest absolute Gasteiger partial charge is 0.228 e. The molecular formula is C41H63ClN4O3. The number of methoxy groups -OCH3 is 1. The molecule has 0 N–H and O–H groups in total. The molecule has 0 radical (unpaired) electrons. The number of likely N-dealkylation sites (N-methyl/N-ethyl adjacent to an activating group) is 1. The zero-order chi connectivity index (χ0) is 35.4. The first kappa shape index (κ1) is 40.7. The van der Waals surface area contributed by atoms with Gasteiger partial charge in [-0.2, -0.15) is 0 Å². The molecule has 1 saturated carbocycles. The molecule has 5 rings (SSSR count). The van der Waals surface area contributed by atoms with Gasteiger partial charge < -0.3 is 19.3 Å². The maximum absolute atomic E-state index is 12.5. The Balaban J connectivity index is 0.000000238. The summed E-state index contributed by atoms with van der Waals surface area (Å²) in [4.78, 5) is 33.9. The van der Waals surface area contributed by atoms with E-state index in [9.17, 15) is 9.59 Å². The summed E-state index contributed by atoms with van der Waals surface area (Å²) in [5.41, 5.74) is 3.31. The summed E-state index contributed by atoms with van der Waals surface area (Å²) in [5.74, 6) is 1.73. The van der Waals surface area contributed by atoms with Gasteiger partial charge in [0.05, 0.1) is 23.2 Å². The number of rotatable bonds is 14. The van der Waals surface area contributed by atoms with Crippen LogP contribution >= 0.6 is 11.6 Å². The predicted octanol–water partition coefficient (Wildman–Crippen LogP) is 10.4. The number of aliphatic imine (C=N–C) groups is 1. The lowest BCUT2D eigenvalue weighted by molar-refractivity contribution is -0.115. The van der Waals surface area contributed by atoms with Crippen LogP contribution in [0.3, 0.4) is 0 Å². The van der Waals surface area contributed by atoms with E-state index in [1.807, 2.05) is 36.4 Å². The monoisotopic (exact) mass is 694 g/mol. The molecule has 7 nitrogen and oxygen atoms in total. The Morgan fingerprint density at radius 1 is 0.918 bits per heavy atom. The Bertz CT molecular complexity index is 1290. The van der Waals surface area contributed by atoms with Gasteiger partial charge in [-0.05, 0) is 69.5 Å². The number of aldehydes is 1. The lowest BCUT2D eigenvalue weighted by Gasteiger charge is -2.35. The average Bonchev–Trinajstić information content (AvgIpc) is 3.22. The molecule has 2 heterocycles. The second kappa shape index (κ2) is 22.9. The highest BCUT2D eigenvalue weighted by Gasteiger charge is 2.29. The van der Waals surface area contributed by atoms with Crippen LogP contribution in [-0.2, 0) is 14.3 Å². The summed E-state index contributed by atoms with van der Waals surface area (Å²) < 4.78 is 5.15. The number of carbonyl (C=O) groups is 2. The number of halogens is 1. The lowest BCUT2D eigenvalue weighted by atomic mass is 9.82. The van der Waals surface area contributed by atoms with Crippen molar-refractivity contribution < 1.29 is 14.3 Å². The predicted molar refractivity (Wildman–Crippen MR) is 207 cm³/mol. The largest absolute Gasteiger partial charge is 0.381 e. The van der Waals surface area contributed by atoms with Crippen LogP contribution in [0.15, 0.2) is 47.5 Å². The SMILES string of the molecule is CC(=O)N1c2ccc(Cl)cc2N=C(N2CCN(C)CC2)c2ccccc21.CCCCCCCCCCCCCC=O.COC(C)C1CCC1. The van der Waals surface area contributed by atoms with Crippen LogP contribution in [0.2, 0.25) is 5.02 Å². The molecule has 1 unspecified atom stereocenters. The van der Waals surface area contributed by atoms with E-state index in [4.69, 9.17) is 21.3 Å². The molecule has 0 spiro atoms. The minimum atomic E-state index is -0.0455. The highest BCUT2D eigenvalue weighted by Crippen LogP contribution is 2.41. The number of carbonyl (C=O) groups excluding carboxylic acids is 2. The van der Waals surface area contributed by atoms with E-state index >= 15 is 0 Å². The summed E-state index contributed by atoms with van der Waals surface area (Å²) >= 11 is 6.23. The summed E-state index contributed by atoms with van der Waals surface area (Å²) in [6, 6.07) is 13.5. The van der Waals surface area contributed by atoms with E-state index in [1.54, 1.807) is 25.0 Å². The number of amides is 1. The van der Waals surface area contributed by atoms with Gasteiger partial charge >= 0.3 is 0 Å². The number of benzene rings is 2. The molecule has 8 heteroatoms. The fourth-order valence-electron chi connectivity index (χ4n) is 6.53. The van der Waals surface area contributed by atoms with Crippen LogP contribution in [0.4, 0.5) is 17.1 Å². The highest BCUT2D eigenvalue weighted by molar-refractivity contribution is 6.31. The second-order valence-electron chi connectivity index (χ2n) is 13.9. The number of unbranched alkanes of at least 4 members (excludes halogenated alkanes) is 11. The zero-order valence-corrected chi connectivity index (χ0v) is 31.9. The minimum Gasteiger partial charge on any atom is -0.381 e. The van der Waals surface area contributed by atoms with Gasteiger partial charge in [-0.1, -0.05) is 101 Å². The number of piperazine rings is 1.